The van der Waals surface area contributed by atoms with Gasteiger partial charge in [-0.3, -0.25) is 9.69 Å². The molecule has 1 atom stereocenters. The smallest absolute Gasteiger partial charge is 0.251 e. The Hall–Kier alpha value is -2.16. The van der Waals surface area contributed by atoms with Crippen LogP contribution in [0.25, 0.3) is 0 Å². The molecule has 5 heteroatoms. The van der Waals surface area contributed by atoms with Gasteiger partial charge >= 0.3 is 0 Å². The Morgan fingerprint density at radius 3 is 3.08 bits per heavy atom. The first kappa shape index (κ1) is 18.2. The standard InChI is InChI=1S/C19H25N3O2/c1-3-24-11-10-22-9-5-8-18(14-22)15(2)21-19(23)17-7-4-6-16(12-17)13-20/h4,6-8,12,15H,3,5,9-11,14H2,1-2H3,(H,21,23). The van der Waals surface area contributed by atoms with Crippen LogP contribution in [0.15, 0.2) is 35.9 Å². The monoisotopic (exact) mass is 327 g/mol. The lowest BCUT2D eigenvalue weighted by Crippen LogP contribution is -2.41. The fraction of sp³-hybridized carbons (Fsp3) is 0.474. The number of amides is 1. The van der Waals surface area contributed by atoms with Crippen molar-refractivity contribution in [3.63, 3.8) is 0 Å². The van der Waals surface area contributed by atoms with Gasteiger partial charge in [-0.1, -0.05) is 12.1 Å². The zero-order valence-corrected chi connectivity index (χ0v) is 14.4. The molecule has 1 N–H and O–H groups in total. The average Bonchev–Trinajstić information content (AvgIpc) is 2.62. The molecular formula is C19H25N3O2. The van der Waals surface area contributed by atoms with E-state index in [4.69, 9.17) is 10.00 Å². The molecule has 1 amide bonds. The molecule has 1 aliphatic rings. The van der Waals surface area contributed by atoms with Crippen molar-refractivity contribution in [1.29, 1.82) is 5.26 Å². The quantitative estimate of drug-likeness (QED) is 0.617. The number of ether oxygens (including phenoxy) is 1. The predicted octanol–water partition coefficient (Wildman–Crippen LogP) is 2.35. The maximum absolute atomic E-state index is 12.4. The molecule has 1 heterocycles. The molecule has 1 aliphatic heterocycles. The van der Waals surface area contributed by atoms with Crippen LogP contribution in [0, 0.1) is 11.3 Å². The van der Waals surface area contributed by atoms with E-state index in [0.717, 1.165) is 39.3 Å². The van der Waals surface area contributed by atoms with Crippen molar-refractivity contribution >= 4 is 5.91 Å². The molecule has 1 aromatic carbocycles. The van der Waals surface area contributed by atoms with E-state index in [1.807, 2.05) is 13.8 Å². The van der Waals surface area contributed by atoms with Crippen molar-refractivity contribution in [1.82, 2.24) is 10.2 Å². The second-order valence-electron chi connectivity index (χ2n) is 5.93. The van der Waals surface area contributed by atoms with Gasteiger partial charge in [-0.25, -0.2) is 0 Å². The van der Waals surface area contributed by atoms with Crippen LogP contribution in [0.4, 0.5) is 0 Å². The minimum atomic E-state index is -0.146. The summed E-state index contributed by atoms with van der Waals surface area (Å²) >= 11 is 0. The van der Waals surface area contributed by atoms with Crippen LogP contribution in [0.5, 0.6) is 0 Å². The third-order valence-corrected chi connectivity index (χ3v) is 4.17. The van der Waals surface area contributed by atoms with E-state index in [9.17, 15) is 4.79 Å². The molecule has 2 rings (SSSR count). The Morgan fingerprint density at radius 2 is 2.33 bits per heavy atom. The number of hydrogen-bond donors (Lipinski definition) is 1. The molecule has 24 heavy (non-hydrogen) atoms. The van der Waals surface area contributed by atoms with Gasteiger partial charge in [0.05, 0.1) is 18.2 Å². The van der Waals surface area contributed by atoms with E-state index < -0.39 is 0 Å². The molecule has 1 unspecified atom stereocenters. The van der Waals surface area contributed by atoms with Gasteiger partial charge < -0.3 is 10.1 Å². The third kappa shape index (κ3) is 5.19. The lowest BCUT2D eigenvalue weighted by Gasteiger charge is -2.30. The normalized spacial score (nSPS) is 16.1. The first-order chi connectivity index (χ1) is 11.6. The highest BCUT2D eigenvalue weighted by Gasteiger charge is 2.19. The summed E-state index contributed by atoms with van der Waals surface area (Å²) in [6.07, 6.45) is 3.21. The van der Waals surface area contributed by atoms with Gasteiger partial charge in [-0.05, 0) is 44.0 Å². The van der Waals surface area contributed by atoms with Crippen LogP contribution in [0.1, 0.15) is 36.2 Å². The molecule has 0 spiro atoms. The highest BCUT2D eigenvalue weighted by Crippen LogP contribution is 2.14. The molecule has 5 nitrogen and oxygen atoms in total. The van der Waals surface area contributed by atoms with Gasteiger partial charge in [-0.2, -0.15) is 5.26 Å². The number of hydrogen-bond acceptors (Lipinski definition) is 4. The van der Waals surface area contributed by atoms with E-state index in [1.54, 1.807) is 24.3 Å². The van der Waals surface area contributed by atoms with E-state index in [0.29, 0.717) is 11.1 Å². The average molecular weight is 327 g/mol. The van der Waals surface area contributed by atoms with Crippen molar-refractivity contribution in [3.8, 4) is 6.07 Å². The summed E-state index contributed by atoms with van der Waals surface area (Å²) in [5, 5.41) is 12.0. The topological polar surface area (TPSA) is 65.4 Å². The molecule has 1 aromatic rings. The summed E-state index contributed by atoms with van der Waals surface area (Å²) in [4.78, 5) is 14.7. The second kappa shape index (κ2) is 9.21. The summed E-state index contributed by atoms with van der Waals surface area (Å²) in [6.45, 7) is 8.28. The van der Waals surface area contributed by atoms with E-state index in [2.05, 4.69) is 22.4 Å². The van der Waals surface area contributed by atoms with Gasteiger partial charge in [0, 0.05) is 37.8 Å². The highest BCUT2D eigenvalue weighted by molar-refractivity contribution is 5.94. The van der Waals surface area contributed by atoms with Crippen LogP contribution in [-0.2, 0) is 4.74 Å². The maximum Gasteiger partial charge on any atom is 0.251 e. The molecule has 0 saturated heterocycles. The maximum atomic E-state index is 12.4. The second-order valence-corrected chi connectivity index (χ2v) is 5.93. The van der Waals surface area contributed by atoms with Gasteiger partial charge in [0.2, 0.25) is 0 Å². The lowest BCUT2D eigenvalue weighted by atomic mass is 10.0. The summed E-state index contributed by atoms with van der Waals surface area (Å²) in [7, 11) is 0. The van der Waals surface area contributed by atoms with Crippen molar-refractivity contribution in [2.24, 2.45) is 0 Å². The molecular weight excluding hydrogens is 302 g/mol. The predicted molar refractivity (Wildman–Crippen MR) is 93.7 cm³/mol. The van der Waals surface area contributed by atoms with Crippen molar-refractivity contribution < 1.29 is 9.53 Å². The summed E-state index contributed by atoms with van der Waals surface area (Å²) in [5.41, 5.74) is 2.24. The molecule has 0 fully saturated rings. The van der Waals surface area contributed by atoms with Gasteiger partial charge in [-0.15, -0.1) is 0 Å². The van der Waals surface area contributed by atoms with Gasteiger partial charge in [0.1, 0.15) is 0 Å². The number of nitriles is 1. The Labute approximate surface area is 143 Å². The molecule has 0 radical (unpaired) electrons. The summed E-state index contributed by atoms with van der Waals surface area (Å²) in [6, 6.07) is 8.80. The lowest BCUT2D eigenvalue weighted by molar-refractivity contribution is 0.0939. The molecule has 0 bridgehead atoms. The van der Waals surface area contributed by atoms with Crippen LogP contribution < -0.4 is 5.32 Å². The van der Waals surface area contributed by atoms with Crippen LogP contribution in [0.2, 0.25) is 0 Å². The molecule has 0 saturated carbocycles. The van der Waals surface area contributed by atoms with Gasteiger partial charge in [0.15, 0.2) is 0 Å². The number of carbonyl (C=O) groups is 1. The first-order valence-corrected chi connectivity index (χ1v) is 8.44. The summed E-state index contributed by atoms with van der Waals surface area (Å²) < 4.78 is 5.42. The van der Waals surface area contributed by atoms with Crippen molar-refractivity contribution in [2.45, 2.75) is 26.3 Å². The zero-order valence-electron chi connectivity index (χ0n) is 14.4. The first-order valence-electron chi connectivity index (χ1n) is 8.44. The van der Waals surface area contributed by atoms with Crippen molar-refractivity contribution in [2.75, 3.05) is 32.8 Å². The van der Waals surface area contributed by atoms with Crippen LogP contribution in [-0.4, -0.2) is 49.7 Å². The Bertz CT molecular complexity index is 634. The minimum absolute atomic E-state index is 0.0295. The Kier molecular flexibility index (Phi) is 6.98. The minimum Gasteiger partial charge on any atom is -0.380 e. The Morgan fingerprint density at radius 1 is 1.50 bits per heavy atom. The number of benzene rings is 1. The van der Waals surface area contributed by atoms with Crippen LogP contribution in [0.3, 0.4) is 0 Å². The number of carbonyl (C=O) groups excluding carboxylic acids is 1. The number of rotatable bonds is 7. The highest BCUT2D eigenvalue weighted by atomic mass is 16.5. The number of nitrogens with one attached hydrogen (secondary N) is 1. The molecule has 0 aliphatic carbocycles. The third-order valence-electron chi connectivity index (χ3n) is 4.17. The fourth-order valence-electron chi connectivity index (χ4n) is 2.78. The molecule has 0 aromatic heterocycles. The fourth-order valence-corrected chi connectivity index (χ4v) is 2.78. The summed E-state index contributed by atoms with van der Waals surface area (Å²) in [5.74, 6) is -0.146. The van der Waals surface area contributed by atoms with E-state index >= 15 is 0 Å². The number of nitrogens with zero attached hydrogens (tertiary/aromatic N) is 2. The molecule has 128 valence electrons. The zero-order chi connectivity index (χ0) is 17.4. The van der Waals surface area contributed by atoms with E-state index in [-0.39, 0.29) is 11.9 Å². The van der Waals surface area contributed by atoms with Crippen molar-refractivity contribution in [3.05, 3.63) is 47.0 Å². The van der Waals surface area contributed by atoms with Crippen LogP contribution >= 0.6 is 0 Å². The van der Waals surface area contributed by atoms with Gasteiger partial charge in [0.25, 0.3) is 5.91 Å². The SMILES string of the molecule is CCOCCN1CCC=C(C(C)NC(=O)c2cccc(C#N)c2)C1. The Balaban J connectivity index is 1.91. The van der Waals surface area contributed by atoms with E-state index in [1.165, 1.54) is 5.57 Å². The largest absolute Gasteiger partial charge is 0.380 e.